The summed E-state index contributed by atoms with van der Waals surface area (Å²) in [6, 6.07) is 9.44. The van der Waals surface area contributed by atoms with Gasteiger partial charge < -0.3 is 9.64 Å². The molecule has 21 heavy (non-hydrogen) atoms. The third kappa shape index (κ3) is 4.22. The zero-order chi connectivity index (χ0) is 15.1. The van der Waals surface area contributed by atoms with E-state index in [-0.39, 0.29) is 18.6 Å². The number of nitrogens with zero attached hydrogens (tertiary/aromatic N) is 4. The first-order chi connectivity index (χ1) is 10.2. The minimum absolute atomic E-state index is 0.233. The quantitative estimate of drug-likeness (QED) is 0.486. The van der Waals surface area contributed by atoms with Gasteiger partial charge in [-0.25, -0.2) is 4.79 Å². The number of azide groups is 1. The third-order valence-corrected chi connectivity index (χ3v) is 3.45. The number of likely N-dealkylation sites (tertiary alicyclic amines) is 1. The molecule has 2 rings (SSSR count). The fourth-order valence-corrected chi connectivity index (χ4v) is 2.25. The number of carbonyl (C=O) groups is 2. The van der Waals surface area contributed by atoms with E-state index in [0.29, 0.717) is 25.9 Å². The Morgan fingerprint density at radius 2 is 1.95 bits per heavy atom. The summed E-state index contributed by atoms with van der Waals surface area (Å²) in [6.07, 6.45) is 0.616. The van der Waals surface area contributed by atoms with Crippen LogP contribution in [0, 0.1) is 5.92 Å². The normalized spacial score (nSPS) is 15.1. The summed E-state index contributed by atoms with van der Waals surface area (Å²) < 4.78 is 5.23. The topological polar surface area (TPSA) is 95.4 Å². The molecule has 7 heteroatoms. The Morgan fingerprint density at radius 1 is 1.29 bits per heavy atom. The maximum Gasteiger partial charge on any atom is 0.410 e. The van der Waals surface area contributed by atoms with Crippen molar-refractivity contribution in [2.75, 3.05) is 13.1 Å². The van der Waals surface area contributed by atoms with Crippen LogP contribution in [0.4, 0.5) is 4.79 Å². The second-order valence-electron chi connectivity index (χ2n) is 4.83. The SMILES string of the molecule is [N-]=[N+]=NC(=O)C1CCN(C(=O)OCc2ccccc2)CC1. The molecule has 0 saturated carbocycles. The van der Waals surface area contributed by atoms with Crippen LogP contribution in [0.25, 0.3) is 10.4 Å². The zero-order valence-corrected chi connectivity index (χ0v) is 11.5. The summed E-state index contributed by atoms with van der Waals surface area (Å²) in [6.45, 7) is 1.10. The molecule has 0 unspecified atom stereocenters. The number of amides is 2. The molecule has 1 aromatic rings. The molecule has 1 heterocycles. The molecule has 1 aliphatic heterocycles. The number of benzene rings is 1. The second-order valence-corrected chi connectivity index (χ2v) is 4.83. The van der Waals surface area contributed by atoms with E-state index in [9.17, 15) is 9.59 Å². The first kappa shape index (κ1) is 14.9. The van der Waals surface area contributed by atoms with Crippen LogP contribution in [0.5, 0.6) is 0 Å². The van der Waals surface area contributed by atoms with Gasteiger partial charge in [-0.1, -0.05) is 30.3 Å². The van der Waals surface area contributed by atoms with E-state index >= 15 is 0 Å². The molecular weight excluding hydrogens is 272 g/mol. The Hall–Kier alpha value is -2.53. The van der Waals surface area contributed by atoms with Gasteiger partial charge >= 0.3 is 6.09 Å². The molecule has 1 aromatic carbocycles. The summed E-state index contributed by atoms with van der Waals surface area (Å²) in [5, 5.41) is 3.10. The summed E-state index contributed by atoms with van der Waals surface area (Å²) in [4.78, 5) is 27.4. The maximum atomic E-state index is 11.9. The average Bonchev–Trinajstić information content (AvgIpc) is 2.54. The molecule has 0 radical (unpaired) electrons. The van der Waals surface area contributed by atoms with Crippen molar-refractivity contribution in [1.29, 1.82) is 0 Å². The molecule has 0 atom stereocenters. The van der Waals surface area contributed by atoms with E-state index in [2.05, 4.69) is 10.0 Å². The average molecular weight is 288 g/mol. The Morgan fingerprint density at radius 3 is 2.57 bits per heavy atom. The predicted octanol–water partition coefficient (Wildman–Crippen LogP) is 2.87. The molecule has 0 aromatic heterocycles. The van der Waals surface area contributed by atoms with Crippen molar-refractivity contribution >= 4 is 12.0 Å². The zero-order valence-electron chi connectivity index (χ0n) is 11.5. The van der Waals surface area contributed by atoms with Gasteiger partial charge in [-0.15, -0.1) is 0 Å². The lowest BCUT2D eigenvalue weighted by atomic mass is 9.96. The minimum atomic E-state index is -0.449. The summed E-state index contributed by atoms with van der Waals surface area (Å²) >= 11 is 0. The molecular formula is C14H16N4O3. The fourth-order valence-electron chi connectivity index (χ4n) is 2.25. The van der Waals surface area contributed by atoms with Gasteiger partial charge in [0.2, 0.25) is 5.91 Å². The van der Waals surface area contributed by atoms with Crippen LogP contribution in [0.15, 0.2) is 35.4 Å². The minimum Gasteiger partial charge on any atom is -0.445 e. The van der Waals surface area contributed by atoms with E-state index < -0.39 is 5.91 Å². The van der Waals surface area contributed by atoms with Gasteiger partial charge in [0, 0.05) is 23.9 Å². The highest BCUT2D eigenvalue weighted by atomic mass is 16.6. The van der Waals surface area contributed by atoms with Crippen molar-refractivity contribution < 1.29 is 14.3 Å². The van der Waals surface area contributed by atoms with Crippen LogP contribution in [-0.2, 0) is 16.1 Å². The van der Waals surface area contributed by atoms with Gasteiger partial charge in [0.15, 0.2) is 0 Å². The Labute approximate surface area is 122 Å². The lowest BCUT2D eigenvalue weighted by Gasteiger charge is -2.29. The van der Waals surface area contributed by atoms with E-state index in [0.717, 1.165) is 5.56 Å². The Balaban J connectivity index is 1.78. The van der Waals surface area contributed by atoms with Crippen LogP contribution < -0.4 is 0 Å². The summed E-state index contributed by atoms with van der Waals surface area (Å²) in [5.41, 5.74) is 9.17. The van der Waals surface area contributed by atoms with Gasteiger partial charge in [0.25, 0.3) is 0 Å². The van der Waals surface area contributed by atoms with E-state index in [1.807, 2.05) is 30.3 Å². The smallest absolute Gasteiger partial charge is 0.410 e. The van der Waals surface area contributed by atoms with Gasteiger partial charge in [0.05, 0.1) is 0 Å². The van der Waals surface area contributed by atoms with Gasteiger partial charge in [-0.3, -0.25) is 4.79 Å². The number of carbonyl (C=O) groups excluding carboxylic acids is 2. The molecule has 0 bridgehead atoms. The monoisotopic (exact) mass is 288 g/mol. The van der Waals surface area contributed by atoms with Gasteiger partial charge in [0.1, 0.15) is 6.61 Å². The highest BCUT2D eigenvalue weighted by Gasteiger charge is 2.27. The molecule has 110 valence electrons. The number of piperidine rings is 1. The van der Waals surface area contributed by atoms with Crippen LogP contribution in [0.2, 0.25) is 0 Å². The van der Waals surface area contributed by atoms with Gasteiger partial charge in [-0.2, -0.15) is 0 Å². The number of rotatable bonds is 3. The van der Waals surface area contributed by atoms with E-state index in [4.69, 9.17) is 10.3 Å². The summed E-state index contributed by atoms with van der Waals surface area (Å²) in [7, 11) is 0. The summed E-state index contributed by atoms with van der Waals surface area (Å²) in [5.74, 6) is -0.742. The van der Waals surface area contributed by atoms with Crippen LogP contribution >= 0.6 is 0 Å². The second kappa shape index (κ2) is 7.31. The highest BCUT2D eigenvalue weighted by molar-refractivity contribution is 5.79. The lowest BCUT2D eigenvalue weighted by Crippen LogP contribution is -2.40. The fraction of sp³-hybridized carbons (Fsp3) is 0.429. The standard InChI is InChI=1S/C14H16N4O3/c15-17-16-13(19)12-6-8-18(9-7-12)14(20)21-10-11-4-2-1-3-5-11/h1-5,12H,6-10H2. The Bertz CT molecular complexity index is 547. The van der Waals surface area contributed by atoms with Crippen molar-refractivity contribution in [3.63, 3.8) is 0 Å². The number of hydrogen-bond donors (Lipinski definition) is 0. The molecule has 1 fully saturated rings. The van der Waals surface area contributed by atoms with E-state index in [1.165, 1.54) is 0 Å². The van der Waals surface area contributed by atoms with E-state index in [1.54, 1.807) is 4.90 Å². The Kier molecular flexibility index (Phi) is 5.17. The molecule has 7 nitrogen and oxygen atoms in total. The van der Waals surface area contributed by atoms with Crippen molar-refractivity contribution in [3.8, 4) is 0 Å². The molecule has 0 N–H and O–H groups in total. The first-order valence-corrected chi connectivity index (χ1v) is 6.75. The predicted molar refractivity (Wildman–Crippen MR) is 75.1 cm³/mol. The maximum absolute atomic E-state index is 11.9. The van der Waals surface area contributed by atoms with Crippen molar-refractivity contribution in [2.24, 2.45) is 11.0 Å². The van der Waals surface area contributed by atoms with Crippen LogP contribution in [-0.4, -0.2) is 30.0 Å². The largest absolute Gasteiger partial charge is 0.445 e. The van der Waals surface area contributed by atoms with Crippen LogP contribution in [0.1, 0.15) is 18.4 Å². The lowest BCUT2D eigenvalue weighted by molar-refractivity contribution is -0.123. The van der Waals surface area contributed by atoms with Crippen molar-refractivity contribution in [2.45, 2.75) is 19.4 Å². The number of ether oxygens (including phenoxy) is 1. The third-order valence-electron chi connectivity index (χ3n) is 3.45. The van der Waals surface area contributed by atoms with Crippen molar-refractivity contribution in [1.82, 2.24) is 4.90 Å². The van der Waals surface area contributed by atoms with Gasteiger partial charge in [-0.05, 0) is 29.1 Å². The molecule has 1 aliphatic rings. The molecule has 0 aliphatic carbocycles. The first-order valence-electron chi connectivity index (χ1n) is 6.75. The highest BCUT2D eigenvalue weighted by Crippen LogP contribution is 2.19. The van der Waals surface area contributed by atoms with Crippen molar-refractivity contribution in [3.05, 3.63) is 46.3 Å². The van der Waals surface area contributed by atoms with Crippen LogP contribution in [0.3, 0.4) is 0 Å². The molecule has 1 saturated heterocycles. The molecule has 0 spiro atoms. The number of hydrogen-bond acceptors (Lipinski definition) is 3. The molecule has 2 amide bonds.